The third-order valence-corrected chi connectivity index (χ3v) is 2.89. The van der Waals surface area contributed by atoms with Crippen LogP contribution in [0, 0.1) is 0 Å². The van der Waals surface area contributed by atoms with E-state index >= 15 is 0 Å². The van der Waals surface area contributed by atoms with Crippen molar-refractivity contribution < 1.29 is 4.79 Å². The average molecular weight is 213 g/mol. The molecule has 0 aliphatic carbocycles. The van der Waals surface area contributed by atoms with E-state index in [1.165, 1.54) is 0 Å². The van der Waals surface area contributed by atoms with Crippen LogP contribution in [0.1, 0.15) is 27.7 Å². The Hall–Kier alpha value is -0.610. The van der Waals surface area contributed by atoms with E-state index in [4.69, 9.17) is 0 Å². The van der Waals surface area contributed by atoms with Crippen molar-refractivity contribution in [2.45, 2.75) is 39.8 Å². The van der Waals surface area contributed by atoms with Gasteiger partial charge in [-0.3, -0.25) is 15.0 Å². The van der Waals surface area contributed by atoms with Crippen LogP contribution in [0.25, 0.3) is 0 Å². The number of rotatable bonds is 5. The standard InChI is InChI=1S/C11H23N3O/c1-9(2)14(10(3)4)6-5-13-8-12-7-11(13)15/h9-10,12H,5-8H2,1-4H3. The van der Waals surface area contributed by atoms with E-state index in [2.05, 4.69) is 37.9 Å². The van der Waals surface area contributed by atoms with Crippen LogP contribution in [-0.2, 0) is 4.79 Å². The topological polar surface area (TPSA) is 35.6 Å². The molecule has 1 amide bonds. The fourth-order valence-corrected chi connectivity index (χ4v) is 2.05. The highest BCUT2D eigenvalue weighted by molar-refractivity contribution is 5.79. The summed E-state index contributed by atoms with van der Waals surface area (Å²) >= 11 is 0. The van der Waals surface area contributed by atoms with Crippen molar-refractivity contribution in [3.8, 4) is 0 Å². The zero-order valence-corrected chi connectivity index (χ0v) is 10.3. The molecule has 0 spiro atoms. The lowest BCUT2D eigenvalue weighted by atomic mass is 10.2. The highest BCUT2D eigenvalue weighted by atomic mass is 16.2. The molecule has 4 heteroatoms. The molecular formula is C11H23N3O. The summed E-state index contributed by atoms with van der Waals surface area (Å²) in [4.78, 5) is 15.7. The Bertz CT molecular complexity index is 208. The molecule has 1 N–H and O–H groups in total. The quantitative estimate of drug-likeness (QED) is 0.722. The second kappa shape index (κ2) is 5.47. The van der Waals surface area contributed by atoms with Crippen molar-refractivity contribution in [2.24, 2.45) is 0 Å². The third kappa shape index (κ3) is 3.47. The predicted octanol–water partition coefficient (Wildman–Crippen LogP) is 0.495. The summed E-state index contributed by atoms with van der Waals surface area (Å²) in [6.07, 6.45) is 0. The Balaban J connectivity index is 2.36. The van der Waals surface area contributed by atoms with Crippen LogP contribution in [0.5, 0.6) is 0 Å². The third-order valence-electron chi connectivity index (χ3n) is 2.89. The first-order chi connectivity index (χ1) is 7.02. The van der Waals surface area contributed by atoms with Gasteiger partial charge < -0.3 is 4.90 Å². The van der Waals surface area contributed by atoms with Crippen molar-refractivity contribution in [3.05, 3.63) is 0 Å². The average Bonchev–Trinajstić information content (AvgIpc) is 2.51. The van der Waals surface area contributed by atoms with Gasteiger partial charge in [-0.25, -0.2) is 0 Å². The second-order valence-corrected chi connectivity index (χ2v) is 4.67. The maximum absolute atomic E-state index is 11.4. The van der Waals surface area contributed by atoms with Crippen molar-refractivity contribution in [1.82, 2.24) is 15.1 Å². The van der Waals surface area contributed by atoms with E-state index in [9.17, 15) is 4.79 Å². The van der Waals surface area contributed by atoms with Gasteiger partial charge in [0, 0.05) is 25.2 Å². The van der Waals surface area contributed by atoms with Crippen molar-refractivity contribution in [2.75, 3.05) is 26.3 Å². The summed E-state index contributed by atoms with van der Waals surface area (Å²) in [6, 6.07) is 1.08. The molecule has 0 saturated carbocycles. The molecule has 0 aromatic rings. The summed E-state index contributed by atoms with van der Waals surface area (Å²) in [7, 11) is 0. The summed E-state index contributed by atoms with van der Waals surface area (Å²) in [5.74, 6) is 0.225. The Morgan fingerprint density at radius 3 is 2.33 bits per heavy atom. The lowest BCUT2D eigenvalue weighted by Gasteiger charge is -2.31. The summed E-state index contributed by atoms with van der Waals surface area (Å²) in [5, 5.41) is 3.06. The molecule has 88 valence electrons. The molecule has 0 aromatic heterocycles. The van der Waals surface area contributed by atoms with Crippen LogP contribution in [-0.4, -0.2) is 54.1 Å². The zero-order valence-electron chi connectivity index (χ0n) is 10.3. The van der Waals surface area contributed by atoms with Gasteiger partial charge in [0.05, 0.1) is 13.2 Å². The molecule has 0 atom stereocenters. The second-order valence-electron chi connectivity index (χ2n) is 4.67. The molecule has 1 aliphatic rings. The molecule has 4 nitrogen and oxygen atoms in total. The van der Waals surface area contributed by atoms with Crippen LogP contribution in [0.4, 0.5) is 0 Å². The maximum Gasteiger partial charge on any atom is 0.237 e. The lowest BCUT2D eigenvalue weighted by molar-refractivity contribution is -0.126. The number of nitrogens with one attached hydrogen (secondary N) is 1. The van der Waals surface area contributed by atoms with E-state index in [1.807, 2.05) is 4.90 Å². The first-order valence-corrected chi connectivity index (χ1v) is 5.76. The van der Waals surface area contributed by atoms with Crippen molar-refractivity contribution >= 4 is 5.91 Å². The number of hydrogen-bond acceptors (Lipinski definition) is 3. The van der Waals surface area contributed by atoms with Crippen LogP contribution < -0.4 is 5.32 Å². The summed E-state index contributed by atoms with van der Waals surface area (Å²) in [5.41, 5.74) is 0. The number of carbonyl (C=O) groups is 1. The van der Waals surface area contributed by atoms with Gasteiger partial charge in [0.25, 0.3) is 0 Å². The molecule has 15 heavy (non-hydrogen) atoms. The molecule has 1 heterocycles. The number of nitrogens with zero attached hydrogens (tertiary/aromatic N) is 2. The van der Waals surface area contributed by atoms with Gasteiger partial charge in [-0.05, 0) is 27.7 Å². The minimum Gasteiger partial charge on any atom is -0.328 e. The van der Waals surface area contributed by atoms with Gasteiger partial charge in [-0.1, -0.05) is 0 Å². The number of hydrogen-bond donors (Lipinski definition) is 1. The minimum absolute atomic E-state index is 0.225. The summed E-state index contributed by atoms with van der Waals surface area (Å²) < 4.78 is 0. The zero-order chi connectivity index (χ0) is 11.4. The van der Waals surface area contributed by atoms with E-state index in [-0.39, 0.29) is 5.91 Å². The van der Waals surface area contributed by atoms with Crippen LogP contribution >= 0.6 is 0 Å². The Kier molecular flexibility index (Phi) is 4.54. The first kappa shape index (κ1) is 12.5. The molecule has 0 bridgehead atoms. The molecule has 1 fully saturated rings. The Labute approximate surface area is 92.6 Å². The van der Waals surface area contributed by atoms with Gasteiger partial charge in [0.15, 0.2) is 0 Å². The SMILES string of the molecule is CC(C)N(CCN1CNCC1=O)C(C)C. The molecule has 1 aliphatic heterocycles. The highest BCUT2D eigenvalue weighted by Gasteiger charge is 2.21. The largest absolute Gasteiger partial charge is 0.328 e. The molecule has 0 aromatic carbocycles. The van der Waals surface area contributed by atoms with Gasteiger partial charge in [0.2, 0.25) is 5.91 Å². The minimum atomic E-state index is 0.225. The molecule has 1 rings (SSSR count). The van der Waals surface area contributed by atoms with E-state index in [0.29, 0.717) is 25.3 Å². The van der Waals surface area contributed by atoms with Gasteiger partial charge in [0.1, 0.15) is 0 Å². The molecule has 0 unspecified atom stereocenters. The van der Waals surface area contributed by atoms with E-state index in [1.54, 1.807) is 0 Å². The first-order valence-electron chi connectivity index (χ1n) is 5.76. The molecular weight excluding hydrogens is 190 g/mol. The molecule has 1 saturated heterocycles. The van der Waals surface area contributed by atoms with E-state index < -0.39 is 0 Å². The van der Waals surface area contributed by atoms with Crippen molar-refractivity contribution in [3.63, 3.8) is 0 Å². The van der Waals surface area contributed by atoms with Crippen molar-refractivity contribution in [1.29, 1.82) is 0 Å². The van der Waals surface area contributed by atoms with E-state index in [0.717, 1.165) is 13.1 Å². The Morgan fingerprint density at radius 1 is 1.33 bits per heavy atom. The summed E-state index contributed by atoms with van der Waals surface area (Å²) in [6.45, 7) is 11.8. The monoisotopic (exact) mass is 213 g/mol. The predicted molar refractivity (Wildman–Crippen MR) is 61.6 cm³/mol. The van der Waals surface area contributed by atoms with Crippen LogP contribution in [0.2, 0.25) is 0 Å². The van der Waals surface area contributed by atoms with Crippen LogP contribution in [0.15, 0.2) is 0 Å². The highest BCUT2D eigenvalue weighted by Crippen LogP contribution is 2.05. The fourth-order valence-electron chi connectivity index (χ4n) is 2.05. The van der Waals surface area contributed by atoms with Crippen LogP contribution in [0.3, 0.4) is 0 Å². The normalized spacial score (nSPS) is 17.5. The number of amides is 1. The maximum atomic E-state index is 11.4. The lowest BCUT2D eigenvalue weighted by Crippen LogP contribution is -2.43. The van der Waals surface area contributed by atoms with Gasteiger partial charge in [-0.2, -0.15) is 0 Å². The number of carbonyl (C=O) groups excluding carboxylic acids is 1. The Morgan fingerprint density at radius 2 is 1.93 bits per heavy atom. The fraction of sp³-hybridized carbons (Fsp3) is 0.909. The smallest absolute Gasteiger partial charge is 0.237 e. The van der Waals surface area contributed by atoms with Gasteiger partial charge in [-0.15, -0.1) is 0 Å². The molecule has 0 radical (unpaired) electrons. The van der Waals surface area contributed by atoms with Gasteiger partial charge >= 0.3 is 0 Å².